The van der Waals surface area contributed by atoms with Gasteiger partial charge in [-0.3, -0.25) is 9.59 Å². The topological polar surface area (TPSA) is 127 Å². The van der Waals surface area contributed by atoms with Crippen molar-refractivity contribution in [3.8, 4) is 0 Å². The molecule has 0 bridgehead atoms. The maximum Gasteiger partial charge on any atom is 0.408 e. The Morgan fingerprint density at radius 3 is 2.71 bits per heavy atom. The fraction of sp³-hybridized carbons (Fsp3) is 0.538. The highest BCUT2D eigenvalue weighted by Crippen LogP contribution is 2.29. The third-order valence-electron chi connectivity index (χ3n) is 6.55. The number of aromatic nitrogens is 1. The predicted molar refractivity (Wildman–Crippen MR) is 149 cm³/mol. The second kappa shape index (κ2) is 11.7. The zero-order valence-electron chi connectivity index (χ0n) is 21.7. The Morgan fingerprint density at radius 2 is 2.00 bits per heavy atom. The van der Waals surface area contributed by atoms with Gasteiger partial charge in [0.1, 0.15) is 17.7 Å². The third-order valence-corrected chi connectivity index (χ3v) is 8.24. The lowest BCUT2D eigenvalue weighted by Crippen LogP contribution is -2.55. The van der Waals surface area contributed by atoms with Gasteiger partial charge < -0.3 is 26.0 Å². The lowest BCUT2D eigenvalue weighted by atomic mass is 9.97. The summed E-state index contributed by atoms with van der Waals surface area (Å²) < 4.78 is 5.41. The van der Waals surface area contributed by atoms with Crippen molar-refractivity contribution in [2.45, 2.75) is 83.0 Å². The van der Waals surface area contributed by atoms with Crippen LogP contribution >= 0.6 is 34.5 Å². The minimum atomic E-state index is -0.951. The van der Waals surface area contributed by atoms with Crippen LogP contribution in [0.1, 0.15) is 56.2 Å². The van der Waals surface area contributed by atoms with Crippen molar-refractivity contribution >= 4 is 57.6 Å². The van der Waals surface area contributed by atoms with Gasteiger partial charge in [0.2, 0.25) is 11.8 Å². The number of fused-ring (bicyclic) bond motifs is 1. The van der Waals surface area contributed by atoms with Gasteiger partial charge in [-0.2, -0.15) is 0 Å². The van der Waals surface area contributed by atoms with Gasteiger partial charge in [0, 0.05) is 30.3 Å². The fourth-order valence-corrected chi connectivity index (χ4v) is 6.15. The molecule has 2 heterocycles. The van der Waals surface area contributed by atoms with Crippen LogP contribution in [0.4, 0.5) is 9.93 Å². The molecule has 2 aliphatic rings. The second-order valence-electron chi connectivity index (χ2n) is 10.7. The second-order valence-corrected chi connectivity index (χ2v) is 12.6. The van der Waals surface area contributed by atoms with Crippen LogP contribution in [0.3, 0.4) is 0 Å². The number of rotatable bonds is 6. The number of thiazole rings is 1. The monoisotopic (exact) mass is 581 g/mol. The number of nitrogens with zero attached hydrogens (tertiary/aromatic N) is 2. The van der Waals surface area contributed by atoms with Gasteiger partial charge >= 0.3 is 6.09 Å². The van der Waals surface area contributed by atoms with E-state index in [0.717, 1.165) is 29.0 Å². The lowest BCUT2D eigenvalue weighted by molar-refractivity contribution is -0.140. The Labute approximate surface area is 236 Å². The number of nitrogen functional groups attached to an aromatic ring is 1. The standard InChI is InChI=1S/C26H33Cl2N5O4S/c1-26(2,3)37-25(36)32-19(12-14-6-8-16(27)17(28)11-14)23(35)33-10-4-5-20(33)22(34)30-15-7-9-18-21(13-15)38-24(29)31-18/h6,8,11,15,19-20H,4-5,7,9-10,12-13H2,1-3H3,(H2,29,31)(H,30,34)(H,32,36)/t15?,19-,20+/m1/s1. The molecular weight excluding hydrogens is 549 g/mol. The molecule has 206 valence electrons. The predicted octanol–water partition coefficient (Wildman–Crippen LogP) is 4.13. The van der Waals surface area contributed by atoms with E-state index in [9.17, 15) is 14.4 Å². The van der Waals surface area contributed by atoms with Crippen molar-refractivity contribution in [3.05, 3.63) is 44.4 Å². The smallest absolute Gasteiger partial charge is 0.408 e. The summed E-state index contributed by atoms with van der Waals surface area (Å²) in [5, 5.41) is 7.13. The van der Waals surface area contributed by atoms with Gasteiger partial charge in [0.05, 0.1) is 15.7 Å². The molecule has 1 saturated heterocycles. The van der Waals surface area contributed by atoms with E-state index >= 15 is 0 Å². The van der Waals surface area contributed by atoms with E-state index in [1.165, 1.54) is 11.3 Å². The Balaban J connectivity index is 1.47. The number of hydrogen-bond acceptors (Lipinski definition) is 7. The van der Waals surface area contributed by atoms with Crippen molar-refractivity contribution in [3.63, 3.8) is 0 Å². The van der Waals surface area contributed by atoms with Crippen LogP contribution in [0.5, 0.6) is 0 Å². The highest BCUT2D eigenvalue weighted by atomic mass is 35.5. The van der Waals surface area contributed by atoms with Crippen molar-refractivity contribution < 1.29 is 19.1 Å². The van der Waals surface area contributed by atoms with Crippen molar-refractivity contribution in [2.75, 3.05) is 12.3 Å². The molecule has 38 heavy (non-hydrogen) atoms. The molecule has 3 amide bonds. The number of carbonyl (C=O) groups excluding carboxylic acids is 3. The molecule has 1 aliphatic carbocycles. The summed E-state index contributed by atoms with van der Waals surface area (Å²) in [5.74, 6) is -0.534. The van der Waals surface area contributed by atoms with E-state index in [0.29, 0.717) is 41.0 Å². The van der Waals surface area contributed by atoms with E-state index in [1.807, 2.05) is 0 Å². The van der Waals surface area contributed by atoms with Gasteiger partial charge in [-0.05, 0) is 64.2 Å². The van der Waals surface area contributed by atoms with Crippen LogP contribution < -0.4 is 16.4 Å². The number of nitrogens with two attached hydrogens (primary N) is 1. The lowest BCUT2D eigenvalue weighted by Gasteiger charge is -2.31. The molecule has 0 saturated carbocycles. The van der Waals surface area contributed by atoms with Crippen LogP contribution in [0, 0.1) is 0 Å². The summed E-state index contributed by atoms with van der Waals surface area (Å²) in [4.78, 5) is 46.8. The fourth-order valence-electron chi connectivity index (χ4n) is 4.87. The Hall–Kier alpha value is -2.56. The minimum Gasteiger partial charge on any atom is -0.444 e. The number of halogens is 2. The molecule has 9 nitrogen and oxygen atoms in total. The maximum atomic E-state index is 13.8. The number of carbonyl (C=O) groups is 3. The highest BCUT2D eigenvalue weighted by Gasteiger charge is 2.39. The number of amides is 3. The number of benzene rings is 1. The Bertz CT molecular complexity index is 1210. The molecule has 1 aromatic heterocycles. The van der Waals surface area contributed by atoms with E-state index in [4.69, 9.17) is 33.7 Å². The molecule has 3 atom stereocenters. The summed E-state index contributed by atoms with van der Waals surface area (Å²) in [7, 11) is 0. The molecule has 0 radical (unpaired) electrons. The van der Waals surface area contributed by atoms with E-state index in [1.54, 1.807) is 43.9 Å². The molecular formula is C26H33Cl2N5O4S. The first-order chi connectivity index (χ1) is 17.9. The number of likely N-dealkylation sites (tertiary alicyclic amines) is 1. The van der Waals surface area contributed by atoms with Gasteiger partial charge in [0.25, 0.3) is 0 Å². The van der Waals surface area contributed by atoms with Crippen molar-refractivity contribution in [1.82, 2.24) is 20.5 Å². The zero-order chi connectivity index (χ0) is 27.6. The van der Waals surface area contributed by atoms with Crippen LogP contribution in [-0.4, -0.2) is 58.1 Å². The SMILES string of the molecule is CC(C)(C)OC(=O)N[C@H](Cc1ccc(Cl)c(Cl)c1)C(=O)N1CCC[C@H]1C(=O)NC1CCc2nc(N)sc2C1. The summed E-state index contributed by atoms with van der Waals surface area (Å²) in [5.41, 5.74) is 6.84. The summed E-state index contributed by atoms with van der Waals surface area (Å²) in [6.45, 7) is 5.67. The van der Waals surface area contributed by atoms with E-state index in [-0.39, 0.29) is 24.3 Å². The van der Waals surface area contributed by atoms with Crippen LogP contribution in [0.15, 0.2) is 18.2 Å². The summed E-state index contributed by atoms with van der Waals surface area (Å²) in [6, 6.07) is 3.45. The first kappa shape index (κ1) is 28.4. The Morgan fingerprint density at radius 1 is 1.24 bits per heavy atom. The summed E-state index contributed by atoms with van der Waals surface area (Å²) in [6.07, 6.45) is 2.90. The largest absolute Gasteiger partial charge is 0.444 e. The quantitative estimate of drug-likeness (QED) is 0.470. The zero-order valence-corrected chi connectivity index (χ0v) is 24.0. The number of aryl methyl sites for hydroxylation is 1. The highest BCUT2D eigenvalue weighted by molar-refractivity contribution is 7.15. The summed E-state index contributed by atoms with van der Waals surface area (Å²) >= 11 is 13.7. The van der Waals surface area contributed by atoms with Crippen molar-refractivity contribution in [1.29, 1.82) is 0 Å². The molecule has 2 aromatic rings. The van der Waals surface area contributed by atoms with Gasteiger partial charge in [-0.25, -0.2) is 9.78 Å². The molecule has 0 spiro atoms. The average Bonchev–Trinajstić information content (AvgIpc) is 3.45. The van der Waals surface area contributed by atoms with Gasteiger partial charge in [0.15, 0.2) is 5.13 Å². The Kier molecular flexibility index (Phi) is 8.74. The molecule has 12 heteroatoms. The van der Waals surface area contributed by atoms with Gasteiger partial charge in [-0.1, -0.05) is 29.3 Å². The average molecular weight is 583 g/mol. The number of alkyl carbamates (subject to hydrolysis) is 1. The van der Waals surface area contributed by atoms with E-state index < -0.39 is 23.8 Å². The molecule has 1 aliphatic heterocycles. The molecule has 4 rings (SSSR count). The maximum absolute atomic E-state index is 13.8. The first-order valence-corrected chi connectivity index (χ1v) is 14.2. The third kappa shape index (κ3) is 7.09. The number of hydrogen-bond donors (Lipinski definition) is 3. The van der Waals surface area contributed by atoms with Crippen molar-refractivity contribution in [2.24, 2.45) is 0 Å². The van der Waals surface area contributed by atoms with Crippen LogP contribution in [-0.2, 0) is 33.6 Å². The molecule has 1 unspecified atom stereocenters. The number of nitrogens with one attached hydrogen (secondary N) is 2. The normalized spacial score (nSPS) is 20.0. The van der Waals surface area contributed by atoms with E-state index in [2.05, 4.69) is 15.6 Å². The molecule has 1 fully saturated rings. The van der Waals surface area contributed by atoms with Crippen LogP contribution in [0.2, 0.25) is 10.0 Å². The van der Waals surface area contributed by atoms with Gasteiger partial charge in [-0.15, -0.1) is 11.3 Å². The molecule has 4 N–H and O–H groups in total. The first-order valence-electron chi connectivity index (χ1n) is 12.7. The minimum absolute atomic E-state index is 0.0423. The van der Waals surface area contributed by atoms with Crippen LogP contribution in [0.25, 0.3) is 0 Å². The number of ether oxygens (including phenoxy) is 1. The molecule has 1 aromatic carbocycles. The number of anilines is 1.